The van der Waals surface area contributed by atoms with Crippen molar-refractivity contribution in [2.45, 2.75) is 77.1 Å². The highest BCUT2D eigenvalue weighted by molar-refractivity contribution is 5.65. The van der Waals surface area contributed by atoms with Gasteiger partial charge in [0.2, 0.25) is 0 Å². The minimum atomic E-state index is -1.10. The van der Waals surface area contributed by atoms with Gasteiger partial charge in [-0.3, -0.25) is 4.79 Å². The number of hydrogen-bond donors (Lipinski definition) is 1. The van der Waals surface area contributed by atoms with Crippen LogP contribution in [-0.2, 0) is 23.7 Å². The first-order valence-corrected chi connectivity index (χ1v) is 8.79. The summed E-state index contributed by atoms with van der Waals surface area (Å²) < 4.78 is 22.1. The second-order valence-electron chi connectivity index (χ2n) is 5.94. The maximum absolute atomic E-state index is 11.1. The van der Waals surface area contributed by atoms with Crippen molar-refractivity contribution in [3.8, 4) is 0 Å². The second-order valence-corrected chi connectivity index (χ2v) is 5.94. The molecule has 1 rings (SSSR count). The third-order valence-electron chi connectivity index (χ3n) is 3.87. The van der Waals surface area contributed by atoms with Crippen LogP contribution < -0.4 is 0 Å². The van der Waals surface area contributed by atoms with Gasteiger partial charge >= 0.3 is 5.97 Å². The maximum Gasteiger partial charge on any atom is 0.302 e. The number of azide groups is 1. The van der Waals surface area contributed by atoms with E-state index in [9.17, 15) is 9.90 Å². The van der Waals surface area contributed by atoms with E-state index in [0.717, 1.165) is 25.7 Å². The fourth-order valence-corrected chi connectivity index (χ4v) is 2.46. The van der Waals surface area contributed by atoms with Crippen LogP contribution in [0.5, 0.6) is 0 Å². The molecule has 1 N–H and O–H groups in total. The second kappa shape index (κ2) is 12.1. The third kappa shape index (κ3) is 7.17. The molecule has 1 heterocycles. The molecule has 25 heavy (non-hydrogen) atoms. The van der Waals surface area contributed by atoms with Crippen LogP contribution in [0.15, 0.2) is 5.11 Å². The number of hydrogen-bond acceptors (Lipinski definition) is 7. The normalized spacial score (nSPS) is 29.0. The fraction of sp³-hybridized carbons (Fsp3) is 0.938. The minimum absolute atomic E-state index is 0.124. The monoisotopic (exact) mass is 359 g/mol. The molecule has 0 spiro atoms. The summed E-state index contributed by atoms with van der Waals surface area (Å²) in [4.78, 5) is 13.9. The van der Waals surface area contributed by atoms with E-state index >= 15 is 0 Å². The highest BCUT2D eigenvalue weighted by atomic mass is 16.7. The van der Waals surface area contributed by atoms with Gasteiger partial charge in [0.15, 0.2) is 6.29 Å². The largest absolute Gasteiger partial charge is 0.463 e. The van der Waals surface area contributed by atoms with E-state index in [0.29, 0.717) is 13.2 Å². The lowest BCUT2D eigenvalue weighted by Gasteiger charge is -2.42. The number of carbonyl (C=O) groups is 1. The summed E-state index contributed by atoms with van der Waals surface area (Å²) in [7, 11) is 0. The Hall–Kier alpha value is -1.38. The first kappa shape index (κ1) is 21.7. The zero-order valence-electron chi connectivity index (χ0n) is 15.2. The molecule has 9 nitrogen and oxygen atoms in total. The number of unbranched alkanes of at least 4 members (excludes halogenated alkanes) is 2. The number of aliphatic hydroxyl groups excluding tert-OH is 1. The molecule has 1 aliphatic heterocycles. The molecule has 144 valence electrons. The van der Waals surface area contributed by atoms with Crippen molar-refractivity contribution >= 4 is 5.97 Å². The third-order valence-corrected chi connectivity index (χ3v) is 3.87. The lowest BCUT2D eigenvalue weighted by molar-refractivity contribution is -0.273. The van der Waals surface area contributed by atoms with Gasteiger partial charge in [0.05, 0.1) is 6.10 Å². The molecule has 0 amide bonds. The molecule has 0 aromatic heterocycles. The van der Waals surface area contributed by atoms with Gasteiger partial charge in [0, 0.05) is 25.0 Å². The Balaban J connectivity index is 2.89. The van der Waals surface area contributed by atoms with Crippen LogP contribution in [0.4, 0.5) is 0 Å². The van der Waals surface area contributed by atoms with Crippen molar-refractivity contribution in [2.75, 3.05) is 19.8 Å². The van der Waals surface area contributed by atoms with E-state index < -0.39 is 36.6 Å². The first-order chi connectivity index (χ1) is 12.0. The molecule has 1 fully saturated rings. The Labute approximate surface area is 148 Å². The Kier molecular flexibility index (Phi) is 10.4. The van der Waals surface area contributed by atoms with E-state index in [1.165, 1.54) is 6.92 Å². The maximum atomic E-state index is 11.1. The van der Waals surface area contributed by atoms with Crippen LogP contribution >= 0.6 is 0 Å². The lowest BCUT2D eigenvalue weighted by atomic mass is 9.97. The highest BCUT2D eigenvalue weighted by Gasteiger charge is 2.46. The number of carbonyl (C=O) groups excluding carboxylic acids is 1. The topological polar surface area (TPSA) is 123 Å². The summed E-state index contributed by atoms with van der Waals surface area (Å²) >= 11 is 0. The van der Waals surface area contributed by atoms with Crippen molar-refractivity contribution in [1.29, 1.82) is 0 Å². The van der Waals surface area contributed by atoms with Crippen LogP contribution in [-0.4, -0.2) is 61.5 Å². The molecule has 0 aromatic carbocycles. The number of esters is 1. The minimum Gasteiger partial charge on any atom is -0.463 e. The SMILES string of the molecule is CCCCOC1OC(COC(C)=O)[C@@H](O)C(OCCCC)C1N=[N+]=[N-]. The van der Waals surface area contributed by atoms with E-state index in [2.05, 4.69) is 10.0 Å². The zero-order valence-corrected chi connectivity index (χ0v) is 15.2. The number of rotatable bonds is 11. The predicted molar refractivity (Wildman–Crippen MR) is 89.7 cm³/mol. The first-order valence-electron chi connectivity index (χ1n) is 8.79. The van der Waals surface area contributed by atoms with E-state index in [-0.39, 0.29) is 6.61 Å². The van der Waals surface area contributed by atoms with Crippen molar-refractivity contribution in [2.24, 2.45) is 5.11 Å². The summed E-state index contributed by atoms with van der Waals surface area (Å²) in [5.74, 6) is -0.472. The van der Waals surface area contributed by atoms with Gasteiger partial charge in [-0.25, -0.2) is 0 Å². The summed E-state index contributed by atoms with van der Waals surface area (Å²) in [5, 5.41) is 14.3. The van der Waals surface area contributed by atoms with Crippen LogP contribution in [0.25, 0.3) is 10.4 Å². The number of aliphatic hydroxyl groups is 1. The van der Waals surface area contributed by atoms with Crippen LogP contribution in [0.3, 0.4) is 0 Å². The Morgan fingerprint density at radius 2 is 1.88 bits per heavy atom. The summed E-state index contributed by atoms with van der Waals surface area (Å²) in [6.45, 7) is 6.05. The predicted octanol–water partition coefficient (Wildman–Crippen LogP) is 2.32. The average molecular weight is 359 g/mol. The average Bonchev–Trinajstić information content (AvgIpc) is 2.58. The van der Waals surface area contributed by atoms with Crippen molar-refractivity contribution in [1.82, 2.24) is 0 Å². The lowest BCUT2D eigenvalue weighted by Crippen LogP contribution is -2.59. The molecule has 1 aliphatic rings. The van der Waals surface area contributed by atoms with E-state index in [1.54, 1.807) is 0 Å². The molecular weight excluding hydrogens is 330 g/mol. The molecule has 0 radical (unpaired) electrons. The van der Waals surface area contributed by atoms with Gasteiger partial charge in [-0.2, -0.15) is 0 Å². The molecule has 0 aromatic rings. The smallest absolute Gasteiger partial charge is 0.302 e. The molecular formula is C16H29N3O6. The molecule has 0 bridgehead atoms. The molecule has 1 saturated heterocycles. The van der Waals surface area contributed by atoms with Crippen molar-refractivity contribution in [3.05, 3.63) is 10.4 Å². The zero-order chi connectivity index (χ0) is 18.7. The quantitative estimate of drug-likeness (QED) is 0.198. The standard InChI is InChI=1S/C16H29N3O6/c1-4-6-8-22-15-13(18-19-17)16(23-9-7-5-2)25-12(14(15)21)10-24-11(3)20/h12-16,21H,4-10H2,1-3H3/t12?,13?,14-,15?,16?/m1/s1. The van der Waals surface area contributed by atoms with Crippen LogP contribution in [0, 0.1) is 0 Å². The Bertz CT molecular complexity index is 444. The number of nitrogens with zero attached hydrogens (tertiary/aromatic N) is 3. The fourth-order valence-electron chi connectivity index (χ4n) is 2.46. The summed E-state index contributed by atoms with van der Waals surface area (Å²) in [6.07, 6.45) is -0.0654. The van der Waals surface area contributed by atoms with Gasteiger partial charge in [-0.05, 0) is 18.4 Å². The van der Waals surface area contributed by atoms with Gasteiger partial charge in [-0.15, -0.1) is 0 Å². The summed E-state index contributed by atoms with van der Waals surface area (Å²) in [5.41, 5.74) is 8.87. The van der Waals surface area contributed by atoms with Gasteiger partial charge < -0.3 is 24.1 Å². The molecule has 0 aliphatic carbocycles. The number of ether oxygens (including phenoxy) is 4. The van der Waals surface area contributed by atoms with Gasteiger partial charge in [0.1, 0.15) is 24.9 Å². The highest BCUT2D eigenvalue weighted by Crippen LogP contribution is 2.27. The van der Waals surface area contributed by atoms with Crippen LogP contribution in [0.1, 0.15) is 46.5 Å². The molecule has 0 saturated carbocycles. The van der Waals surface area contributed by atoms with E-state index in [4.69, 9.17) is 24.5 Å². The Morgan fingerprint density at radius 3 is 2.44 bits per heavy atom. The summed E-state index contributed by atoms with van der Waals surface area (Å²) in [6, 6.07) is -0.817. The van der Waals surface area contributed by atoms with Gasteiger partial charge in [0.25, 0.3) is 0 Å². The molecule has 5 atom stereocenters. The van der Waals surface area contributed by atoms with Gasteiger partial charge in [-0.1, -0.05) is 31.8 Å². The molecule has 9 heteroatoms. The van der Waals surface area contributed by atoms with E-state index in [1.807, 2.05) is 13.8 Å². The van der Waals surface area contributed by atoms with Crippen molar-refractivity contribution < 1.29 is 28.8 Å². The van der Waals surface area contributed by atoms with Crippen molar-refractivity contribution in [3.63, 3.8) is 0 Å². The van der Waals surface area contributed by atoms with Crippen LogP contribution in [0.2, 0.25) is 0 Å². The Morgan fingerprint density at radius 1 is 1.24 bits per heavy atom. The molecule has 4 unspecified atom stereocenters.